The van der Waals surface area contributed by atoms with Crippen molar-refractivity contribution in [2.45, 2.75) is 18.9 Å². The van der Waals surface area contributed by atoms with Crippen molar-refractivity contribution in [3.63, 3.8) is 0 Å². The Labute approximate surface area is 170 Å². The normalized spacial score (nSPS) is 16.5. The largest absolute Gasteiger partial charge is 0.496 e. The van der Waals surface area contributed by atoms with Crippen molar-refractivity contribution >= 4 is 44.2 Å². The van der Waals surface area contributed by atoms with Gasteiger partial charge in [-0.2, -0.15) is 0 Å². The molecule has 2 heterocycles. The summed E-state index contributed by atoms with van der Waals surface area (Å²) >= 11 is 7.38. The average molecular weight is 421 g/mol. The molecule has 4 rings (SSSR count). The van der Waals surface area contributed by atoms with Crippen molar-refractivity contribution in [3.05, 3.63) is 52.8 Å². The van der Waals surface area contributed by atoms with Gasteiger partial charge in [0.1, 0.15) is 17.1 Å². The van der Waals surface area contributed by atoms with Gasteiger partial charge in [-0.15, -0.1) is 0 Å². The second-order valence-corrected chi connectivity index (χ2v) is 7.92. The van der Waals surface area contributed by atoms with Crippen LogP contribution < -0.4 is 9.64 Å². The van der Waals surface area contributed by atoms with Gasteiger partial charge in [0.05, 0.1) is 30.0 Å². The number of anilines is 1. The van der Waals surface area contributed by atoms with Gasteiger partial charge in [-0.05, 0) is 43.2 Å². The lowest BCUT2D eigenvalue weighted by Crippen LogP contribution is -2.37. The van der Waals surface area contributed by atoms with Crippen LogP contribution in [0.1, 0.15) is 23.2 Å². The zero-order chi connectivity index (χ0) is 19.7. The molecule has 5 nitrogen and oxygen atoms in total. The molecule has 1 aliphatic rings. The highest BCUT2D eigenvalue weighted by atomic mass is 35.5. The predicted octanol–water partition coefficient (Wildman–Crippen LogP) is 4.92. The summed E-state index contributed by atoms with van der Waals surface area (Å²) in [5, 5.41) is 0.846. The van der Waals surface area contributed by atoms with Crippen molar-refractivity contribution in [2.75, 3.05) is 25.2 Å². The van der Waals surface area contributed by atoms with Gasteiger partial charge in [-0.1, -0.05) is 29.0 Å². The third-order valence-corrected chi connectivity index (χ3v) is 5.92. The highest BCUT2D eigenvalue weighted by molar-refractivity contribution is 7.22. The number of benzene rings is 2. The topological polar surface area (TPSA) is 51.7 Å². The fourth-order valence-electron chi connectivity index (χ4n) is 3.25. The first kappa shape index (κ1) is 19.1. The van der Waals surface area contributed by atoms with Crippen LogP contribution >= 0.6 is 22.9 Å². The number of hydrogen-bond acceptors (Lipinski definition) is 5. The van der Waals surface area contributed by atoms with Gasteiger partial charge >= 0.3 is 0 Å². The van der Waals surface area contributed by atoms with Gasteiger partial charge < -0.3 is 9.47 Å². The van der Waals surface area contributed by atoms with Crippen LogP contribution in [0.5, 0.6) is 5.75 Å². The maximum Gasteiger partial charge on any atom is 0.263 e. The third-order valence-electron chi connectivity index (χ3n) is 4.64. The monoisotopic (exact) mass is 420 g/mol. The molecule has 8 heteroatoms. The van der Waals surface area contributed by atoms with E-state index < -0.39 is 5.82 Å². The number of methoxy groups -OCH3 is 1. The molecule has 1 aliphatic heterocycles. The van der Waals surface area contributed by atoms with Gasteiger partial charge in [0, 0.05) is 11.6 Å². The first-order chi connectivity index (χ1) is 13.6. The van der Waals surface area contributed by atoms with Crippen LogP contribution in [-0.4, -0.2) is 37.3 Å². The molecule has 0 bridgehead atoms. The number of amides is 1. The molecule has 1 aromatic heterocycles. The highest BCUT2D eigenvalue weighted by Crippen LogP contribution is 2.33. The number of para-hydroxylation sites is 1. The summed E-state index contributed by atoms with van der Waals surface area (Å²) in [5.41, 5.74) is 0.582. The molecule has 0 aliphatic carbocycles. The quantitative estimate of drug-likeness (QED) is 0.587. The van der Waals surface area contributed by atoms with Gasteiger partial charge in [0.25, 0.3) is 5.91 Å². The Morgan fingerprint density at radius 1 is 1.43 bits per heavy atom. The molecule has 1 amide bonds. The molecule has 1 fully saturated rings. The molecule has 0 saturated carbocycles. The summed E-state index contributed by atoms with van der Waals surface area (Å²) in [6.07, 6.45) is 1.71. The predicted molar refractivity (Wildman–Crippen MR) is 108 cm³/mol. The Hall–Kier alpha value is -2.22. The molecular weight excluding hydrogens is 403 g/mol. The SMILES string of the molecule is COc1ccc(Cl)cc1C(=O)N(C[C@H]1CCCO1)c1nc2c(F)cccc2s1. The maximum absolute atomic E-state index is 14.1. The van der Waals surface area contributed by atoms with Crippen LogP contribution in [0, 0.1) is 5.82 Å². The number of rotatable bonds is 5. The zero-order valence-corrected chi connectivity index (χ0v) is 16.7. The summed E-state index contributed by atoms with van der Waals surface area (Å²) < 4.78 is 25.9. The van der Waals surface area contributed by atoms with E-state index in [2.05, 4.69) is 4.98 Å². The van der Waals surface area contributed by atoms with E-state index in [1.165, 1.54) is 29.4 Å². The molecule has 2 aromatic carbocycles. The maximum atomic E-state index is 14.1. The number of aromatic nitrogens is 1. The smallest absolute Gasteiger partial charge is 0.263 e. The van der Waals surface area contributed by atoms with E-state index in [0.717, 1.165) is 12.8 Å². The molecule has 3 aromatic rings. The lowest BCUT2D eigenvalue weighted by atomic mass is 10.1. The van der Waals surface area contributed by atoms with E-state index in [1.807, 2.05) is 0 Å². The summed E-state index contributed by atoms with van der Waals surface area (Å²) in [7, 11) is 1.50. The molecule has 146 valence electrons. The minimum atomic E-state index is -0.412. The van der Waals surface area contributed by atoms with E-state index in [9.17, 15) is 9.18 Å². The van der Waals surface area contributed by atoms with Gasteiger partial charge in [-0.3, -0.25) is 9.69 Å². The molecule has 1 saturated heterocycles. The van der Waals surface area contributed by atoms with Crippen molar-refractivity contribution in [3.8, 4) is 5.75 Å². The number of thiazole rings is 1. The van der Waals surface area contributed by atoms with Crippen LogP contribution in [0.15, 0.2) is 36.4 Å². The lowest BCUT2D eigenvalue weighted by molar-refractivity contribution is 0.0915. The number of hydrogen-bond donors (Lipinski definition) is 0. The van der Waals surface area contributed by atoms with Gasteiger partial charge in [-0.25, -0.2) is 9.37 Å². The van der Waals surface area contributed by atoms with Crippen LogP contribution in [0.3, 0.4) is 0 Å². The standard InChI is InChI=1S/C20H18ClFN2O3S/c1-26-16-8-7-12(21)10-14(16)19(25)24(11-13-4-3-9-27-13)20-23-18-15(22)5-2-6-17(18)28-20/h2,5-8,10,13H,3-4,9,11H2,1H3/t13-/m1/s1. The number of fused-ring (bicyclic) bond motifs is 1. The van der Waals surface area contributed by atoms with Crippen molar-refractivity contribution < 1.29 is 18.7 Å². The minimum absolute atomic E-state index is 0.0917. The Morgan fingerprint density at radius 2 is 2.29 bits per heavy atom. The Kier molecular flexibility index (Phi) is 5.48. The second kappa shape index (κ2) is 8.03. The zero-order valence-electron chi connectivity index (χ0n) is 15.2. The van der Waals surface area contributed by atoms with Crippen LogP contribution in [-0.2, 0) is 4.74 Å². The number of carbonyl (C=O) groups is 1. The lowest BCUT2D eigenvalue weighted by Gasteiger charge is -2.24. The Bertz CT molecular complexity index is 1020. The fraction of sp³-hybridized carbons (Fsp3) is 0.300. The summed E-state index contributed by atoms with van der Waals surface area (Å²) in [6.45, 7) is 0.998. The third kappa shape index (κ3) is 3.70. The number of halogens is 2. The van der Waals surface area contributed by atoms with E-state index in [4.69, 9.17) is 21.1 Å². The van der Waals surface area contributed by atoms with Crippen LogP contribution in [0.4, 0.5) is 9.52 Å². The van der Waals surface area contributed by atoms with Crippen molar-refractivity contribution in [1.82, 2.24) is 4.98 Å². The van der Waals surface area contributed by atoms with Crippen molar-refractivity contribution in [2.24, 2.45) is 0 Å². The van der Waals surface area contributed by atoms with E-state index in [0.29, 0.717) is 39.3 Å². The summed E-state index contributed by atoms with van der Waals surface area (Å²) in [5.74, 6) is -0.307. The molecule has 1 atom stereocenters. The second-order valence-electron chi connectivity index (χ2n) is 6.48. The Balaban J connectivity index is 1.77. The van der Waals surface area contributed by atoms with Crippen LogP contribution in [0.25, 0.3) is 10.2 Å². The fourth-order valence-corrected chi connectivity index (χ4v) is 4.41. The summed E-state index contributed by atoms with van der Waals surface area (Å²) in [4.78, 5) is 19.4. The molecule has 0 radical (unpaired) electrons. The number of carbonyl (C=O) groups excluding carboxylic acids is 1. The van der Waals surface area contributed by atoms with E-state index in [-0.39, 0.29) is 17.5 Å². The molecule has 0 N–H and O–H groups in total. The number of ether oxygens (including phenoxy) is 2. The van der Waals surface area contributed by atoms with Gasteiger partial charge in [0.2, 0.25) is 0 Å². The number of nitrogens with zero attached hydrogens (tertiary/aromatic N) is 2. The first-order valence-electron chi connectivity index (χ1n) is 8.89. The average Bonchev–Trinajstić information content (AvgIpc) is 3.35. The van der Waals surface area contributed by atoms with Crippen molar-refractivity contribution in [1.29, 1.82) is 0 Å². The minimum Gasteiger partial charge on any atom is -0.496 e. The van der Waals surface area contributed by atoms with Crippen LogP contribution in [0.2, 0.25) is 5.02 Å². The highest BCUT2D eigenvalue weighted by Gasteiger charge is 2.29. The molecule has 0 unspecified atom stereocenters. The van der Waals surface area contributed by atoms with E-state index in [1.54, 1.807) is 30.3 Å². The Morgan fingerprint density at radius 3 is 3.00 bits per heavy atom. The van der Waals surface area contributed by atoms with Gasteiger partial charge in [0.15, 0.2) is 5.13 Å². The first-order valence-corrected chi connectivity index (χ1v) is 10.1. The van der Waals surface area contributed by atoms with E-state index >= 15 is 0 Å². The molecule has 28 heavy (non-hydrogen) atoms. The summed E-state index contributed by atoms with van der Waals surface area (Å²) in [6, 6.07) is 9.66. The molecule has 0 spiro atoms. The molecular formula is C20H18ClFN2O3S.